The molecule has 1 aromatic carbocycles. The van der Waals surface area contributed by atoms with Crippen molar-refractivity contribution < 1.29 is 9.53 Å². The van der Waals surface area contributed by atoms with E-state index < -0.39 is 0 Å². The summed E-state index contributed by atoms with van der Waals surface area (Å²) in [6.45, 7) is 6.80. The monoisotopic (exact) mass is 416 g/mol. The molecule has 1 N–H and O–H groups in total. The minimum atomic E-state index is -0.0197. The number of thiazole rings is 2. The van der Waals surface area contributed by atoms with Gasteiger partial charge in [0.15, 0.2) is 5.13 Å². The number of benzene rings is 1. The Kier molecular flexibility index (Phi) is 6.01. The van der Waals surface area contributed by atoms with Gasteiger partial charge in [-0.25, -0.2) is 9.97 Å². The summed E-state index contributed by atoms with van der Waals surface area (Å²) < 4.78 is 6.94. The zero-order chi connectivity index (χ0) is 19.5. The number of morpholine rings is 1. The molecule has 3 aromatic rings. The minimum Gasteiger partial charge on any atom is -0.373 e. The van der Waals surface area contributed by atoms with Gasteiger partial charge in [0.1, 0.15) is 0 Å². The maximum atomic E-state index is 12.3. The number of para-hydroxylation sites is 1. The summed E-state index contributed by atoms with van der Waals surface area (Å²) in [5.74, 6) is -0.0197. The molecule has 3 heterocycles. The first-order valence-electron chi connectivity index (χ1n) is 9.51. The third-order valence-corrected chi connectivity index (χ3v) is 6.49. The molecule has 1 aliphatic heterocycles. The molecule has 1 saturated heterocycles. The fourth-order valence-corrected chi connectivity index (χ4v) is 5.19. The Labute approximate surface area is 172 Å². The van der Waals surface area contributed by atoms with Crippen LogP contribution < -0.4 is 5.32 Å². The predicted molar refractivity (Wildman–Crippen MR) is 114 cm³/mol. The molecule has 2 aromatic heterocycles. The normalized spacial score (nSPS) is 20.5. The predicted octanol–water partition coefficient (Wildman–Crippen LogP) is 3.93. The molecule has 1 aliphatic rings. The van der Waals surface area contributed by atoms with E-state index in [0.717, 1.165) is 40.6 Å². The molecular formula is C20H24N4O2S2. The van der Waals surface area contributed by atoms with E-state index in [1.54, 1.807) is 11.3 Å². The van der Waals surface area contributed by atoms with E-state index in [1.165, 1.54) is 11.3 Å². The number of carbonyl (C=O) groups is 1. The molecular weight excluding hydrogens is 392 g/mol. The number of nitrogens with one attached hydrogen (secondary N) is 1. The second-order valence-electron chi connectivity index (χ2n) is 7.22. The van der Waals surface area contributed by atoms with Crippen LogP contribution in [0.2, 0.25) is 0 Å². The number of ether oxygens (including phenoxy) is 1. The molecule has 8 heteroatoms. The van der Waals surface area contributed by atoms with Crippen molar-refractivity contribution in [3.8, 4) is 0 Å². The van der Waals surface area contributed by atoms with Crippen LogP contribution in [0.5, 0.6) is 0 Å². The van der Waals surface area contributed by atoms with E-state index in [1.807, 2.05) is 23.6 Å². The highest BCUT2D eigenvalue weighted by atomic mass is 32.1. The van der Waals surface area contributed by atoms with Crippen molar-refractivity contribution in [2.75, 3.05) is 18.4 Å². The maximum absolute atomic E-state index is 12.3. The van der Waals surface area contributed by atoms with Crippen LogP contribution in [0, 0.1) is 0 Å². The molecule has 0 aliphatic carbocycles. The molecule has 0 saturated carbocycles. The van der Waals surface area contributed by atoms with Gasteiger partial charge in [-0.05, 0) is 26.0 Å². The summed E-state index contributed by atoms with van der Waals surface area (Å²) in [7, 11) is 0. The van der Waals surface area contributed by atoms with Gasteiger partial charge in [0.05, 0.1) is 33.1 Å². The molecule has 28 heavy (non-hydrogen) atoms. The minimum absolute atomic E-state index is 0.0197. The Hall–Kier alpha value is -1.87. The number of hydrogen-bond donors (Lipinski definition) is 1. The van der Waals surface area contributed by atoms with Crippen molar-refractivity contribution >= 4 is 43.9 Å². The van der Waals surface area contributed by atoms with E-state index in [2.05, 4.69) is 40.1 Å². The topological polar surface area (TPSA) is 67.4 Å². The van der Waals surface area contributed by atoms with Crippen molar-refractivity contribution in [3.63, 3.8) is 0 Å². The first kappa shape index (κ1) is 19.4. The average molecular weight is 417 g/mol. The fourth-order valence-electron chi connectivity index (χ4n) is 3.51. The molecule has 1 amide bonds. The van der Waals surface area contributed by atoms with E-state index in [9.17, 15) is 4.79 Å². The molecule has 6 nitrogen and oxygen atoms in total. The first-order chi connectivity index (χ1) is 13.5. The van der Waals surface area contributed by atoms with Crippen LogP contribution >= 0.6 is 22.7 Å². The highest BCUT2D eigenvalue weighted by molar-refractivity contribution is 7.18. The van der Waals surface area contributed by atoms with E-state index in [4.69, 9.17) is 4.74 Å². The van der Waals surface area contributed by atoms with Gasteiger partial charge >= 0.3 is 0 Å². The van der Waals surface area contributed by atoms with Crippen LogP contribution in [0.1, 0.15) is 31.0 Å². The van der Waals surface area contributed by atoms with E-state index in [-0.39, 0.29) is 18.1 Å². The summed E-state index contributed by atoms with van der Waals surface area (Å²) >= 11 is 3.13. The Morgan fingerprint density at radius 2 is 2.04 bits per heavy atom. The number of rotatable bonds is 6. The largest absolute Gasteiger partial charge is 0.373 e. The molecule has 2 unspecified atom stereocenters. The molecule has 0 bridgehead atoms. The number of amides is 1. The molecule has 2 atom stereocenters. The highest BCUT2D eigenvalue weighted by Crippen LogP contribution is 2.23. The van der Waals surface area contributed by atoms with Gasteiger partial charge in [0, 0.05) is 37.9 Å². The van der Waals surface area contributed by atoms with Gasteiger partial charge < -0.3 is 10.1 Å². The molecule has 0 radical (unpaired) electrons. The van der Waals surface area contributed by atoms with Gasteiger partial charge in [-0.3, -0.25) is 9.69 Å². The SMILES string of the molecule is CC1CN(Cc2csc(NC(=O)CCc3nc4ccccc4s3)n2)CC(C)O1. The Morgan fingerprint density at radius 3 is 2.82 bits per heavy atom. The number of fused-ring (bicyclic) bond motifs is 1. The standard InChI is InChI=1S/C20H24N4O2S2/c1-13-9-24(10-14(2)26-13)11-15-12-27-20(21-15)23-18(25)7-8-19-22-16-5-3-4-6-17(16)28-19/h3-6,12-14H,7-11H2,1-2H3,(H,21,23,25). The van der Waals surface area contributed by atoms with Crippen LogP contribution in [0.25, 0.3) is 10.2 Å². The number of nitrogens with zero attached hydrogens (tertiary/aromatic N) is 3. The molecule has 1 fully saturated rings. The molecule has 148 valence electrons. The average Bonchev–Trinajstić information content (AvgIpc) is 3.25. The van der Waals surface area contributed by atoms with Crippen LogP contribution in [0.15, 0.2) is 29.6 Å². The zero-order valence-corrected chi connectivity index (χ0v) is 17.7. The van der Waals surface area contributed by atoms with Crippen molar-refractivity contribution in [1.29, 1.82) is 0 Å². The Bertz CT molecular complexity index is 911. The summed E-state index contributed by atoms with van der Waals surface area (Å²) in [6.07, 6.45) is 1.54. The van der Waals surface area contributed by atoms with Crippen molar-refractivity contribution in [3.05, 3.63) is 40.3 Å². The van der Waals surface area contributed by atoms with E-state index >= 15 is 0 Å². The second kappa shape index (κ2) is 8.65. The number of carbonyl (C=O) groups excluding carboxylic acids is 1. The summed E-state index contributed by atoms with van der Waals surface area (Å²) in [5.41, 5.74) is 1.99. The number of anilines is 1. The maximum Gasteiger partial charge on any atom is 0.226 e. The van der Waals surface area contributed by atoms with Crippen LogP contribution in [-0.4, -0.2) is 46.1 Å². The van der Waals surface area contributed by atoms with Gasteiger partial charge in [0.25, 0.3) is 0 Å². The van der Waals surface area contributed by atoms with Crippen LogP contribution in [-0.2, 0) is 22.5 Å². The number of aromatic nitrogens is 2. The number of hydrogen-bond acceptors (Lipinski definition) is 7. The number of aryl methyl sites for hydroxylation is 1. The lowest BCUT2D eigenvalue weighted by atomic mass is 10.2. The summed E-state index contributed by atoms with van der Waals surface area (Å²) in [6, 6.07) is 8.05. The first-order valence-corrected chi connectivity index (χ1v) is 11.2. The summed E-state index contributed by atoms with van der Waals surface area (Å²) in [5, 5.41) is 6.60. The van der Waals surface area contributed by atoms with Gasteiger partial charge in [-0.15, -0.1) is 22.7 Å². The van der Waals surface area contributed by atoms with Gasteiger partial charge in [-0.2, -0.15) is 0 Å². The lowest BCUT2D eigenvalue weighted by Gasteiger charge is -2.34. The lowest BCUT2D eigenvalue weighted by Crippen LogP contribution is -2.44. The lowest BCUT2D eigenvalue weighted by molar-refractivity contribution is -0.116. The smallest absolute Gasteiger partial charge is 0.226 e. The Balaban J connectivity index is 1.27. The molecule has 0 spiro atoms. The zero-order valence-electron chi connectivity index (χ0n) is 16.1. The van der Waals surface area contributed by atoms with Gasteiger partial charge in [0.2, 0.25) is 5.91 Å². The van der Waals surface area contributed by atoms with Crippen molar-refractivity contribution in [2.24, 2.45) is 0 Å². The Morgan fingerprint density at radius 1 is 1.25 bits per heavy atom. The van der Waals surface area contributed by atoms with Crippen molar-refractivity contribution in [1.82, 2.24) is 14.9 Å². The van der Waals surface area contributed by atoms with Gasteiger partial charge in [-0.1, -0.05) is 12.1 Å². The third-order valence-electron chi connectivity index (χ3n) is 4.58. The van der Waals surface area contributed by atoms with Crippen molar-refractivity contribution in [2.45, 2.75) is 45.4 Å². The van der Waals surface area contributed by atoms with Crippen LogP contribution in [0.3, 0.4) is 0 Å². The molecule has 4 rings (SSSR count). The van der Waals surface area contributed by atoms with E-state index in [0.29, 0.717) is 18.0 Å². The fraction of sp³-hybridized carbons (Fsp3) is 0.450. The van der Waals surface area contributed by atoms with Crippen LogP contribution in [0.4, 0.5) is 5.13 Å². The highest BCUT2D eigenvalue weighted by Gasteiger charge is 2.22. The third kappa shape index (κ3) is 4.94. The second-order valence-corrected chi connectivity index (χ2v) is 9.19. The quantitative estimate of drug-likeness (QED) is 0.659. The summed E-state index contributed by atoms with van der Waals surface area (Å²) in [4.78, 5) is 23.8.